The summed E-state index contributed by atoms with van der Waals surface area (Å²) in [6.07, 6.45) is 0.901. The van der Waals surface area contributed by atoms with E-state index in [1.807, 2.05) is 25.1 Å². The number of nitrogens with zero attached hydrogens (tertiary/aromatic N) is 1. The van der Waals surface area contributed by atoms with Gasteiger partial charge < -0.3 is 10.1 Å². The number of carbonyl (C=O) groups excluding carboxylic acids is 1. The van der Waals surface area contributed by atoms with Crippen LogP contribution >= 0.6 is 31.9 Å². The van der Waals surface area contributed by atoms with Crippen molar-refractivity contribution in [3.8, 4) is 0 Å². The monoisotopic (exact) mass is 344 g/mol. The minimum Gasteiger partial charge on any atom is -0.360 e. The molecule has 1 aliphatic heterocycles. The lowest BCUT2D eigenvalue weighted by Crippen LogP contribution is -2.30. The van der Waals surface area contributed by atoms with E-state index >= 15 is 0 Å². The highest BCUT2D eigenvalue weighted by molar-refractivity contribution is 9.24. The molecule has 1 unspecified atom stereocenters. The van der Waals surface area contributed by atoms with Gasteiger partial charge in [-0.25, -0.2) is 4.99 Å². The number of benzene rings is 1. The second-order valence-electron chi connectivity index (χ2n) is 3.57. The number of rotatable bonds is 2. The zero-order valence-corrected chi connectivity index (χ0v) is 11.7. The van der Waals surface area contributed by atoms with Gasteiger partial charge in [-0.1, -0.05) is 37.9 Å². The van der Waals surface area contributed by atoms with Crippen LogP contribution < -0.4 is 5.32 Å². The molecule has 0 spiro atoms. The minimum absolute atomic E-state index is 0.0876. The fourth-order valence-electron chi connectivity index (χ4n) is 1.68. The number of hydrogen-bond acceptors (Lipinski definition) is 3. The molecule has 0 aliphatic carbocycles. The van der Waals surface area contributed by atoms with Crippen LogP contribution in [0.2, 0.25) is 0 Å². The van der Waals surface area contributed by atoms with Crippen molar-refractivity contribution < 1.29 is 4.79 Å². The number of halogens is 2. The number of fused-ring (bicyclic) bond motifs is 1. The van der Waals surface area contributed by atoms with Crippen molar-refractivity contribution >= 4 is 49.7 Å². The Morgan fingerprint density at radius 3 is 2.88 bits per heavy atom. The first-order valence-corrected chi connectivity index (χ1v) is 6.64. The highest BCUT2D eigenvalue weighted by atomic mass is 79.9. The highest BCUT2D eigenvalue weighted by Crippen LogP contribution is 2.35. The van der Waals surface area contributed by atoms with Gasteiger partial charge in [-0.2, -0.15) is 0 Å². The van der Waals surface area contributed by atoms with Crippen molar-refractivity contribution in [1.82, 2.24) is 5.32 Å². The maximum Gasteiger partial charge on any atom is 0.146 e. The van der Waals surface area contributed by atoms with Gasteiger partial charge in [0.15, 0.2) is 0 Å². The highest BCUT2D eigenvalue weighted by Gasteiger charge is 2.20. The van der Waals surface area contributed by atoms with Crippen LogP contribution in [0.15, 0.2) is 23.2 Å². The van der Waals surface area contributed by atoms with E-state index in [4.69, 9.17) is 0 Å². The van der Waals surface area contributed by atoms with Crippen LogP contribution in [-0.2, 0) is 4.79 Å². The third-order valence-electron chi connectivity index (χ3n) is 2.43. The smallest absolute Gasteiger partial charge is 0.146 e. The second-order valence-corrected chi connectivity index (χ2v) is 6.63. The Bertz CT molecular complexity index is 457. The van der Waals surface area contributed by atoms with E-state index in [-0.39, 0.29) is 9.78 Å². The summed E-state index contributed by atoms with van der Waals surface area (Å²) < 4.78 is 0.0876. The van der Waals surface area contributed by atoms with Gasteiger partial charge in [-0.05, 0) is 24.6 Å². The number of aliphatic imine (C=N–C) groups is 1. The lowest BCUT2D eigenvalue weighted by atomic mass is 10.0. The van der Waals surface area contributed by atoms with Crippen molar-refractivity contribution in [2.75, 3.05) is 0 Å². The Morgan fingerprint density at radius 2 is 2.25 bits per heavy atom. The Morgan fingerprint density at radius 1 is 1.50 bits per heavy atom. The zero-order chi connectivity index (χ0) is 11.7. The average molecular weight is 346 g/mol. The first kappa shape index (κ1) is 11.8. The second kappa shape index (κ2) is 4.67. The third kappa shape index (κ3) is 2.20. The summed E-state index contributed by atoms with van der Waals surface area (Å²) in [5.74, 6) is 0.770. The molecule has 0 amide bonds. The Hall–Kier alpha value is -0.680. The van der Waals surface area contributed by atoms with E-state index in [9.17, 15) is 4.79 Å². The van der Waals surface area contributed by atoms with Crippen molar-refractivity contribution in [1.29, 1.82) is 0 Å². The van der Waals surface area contributed by atoms with E-state index in [0.717, 1.165) is 28.9 Å². The molecule has 1 N–H and O–H groups in total. The zero-order valence-electron chi connectivity index (χ0n) is 8.58. The molecule has 0 saturated carbocycles. The summed E-state index contributed by atoms with van der Waals surface area (Å²) in [5.41, 5.74) is 2.85. The number of carbonyl (C=O) groups is 1. The van der Waals surface area contributed by atoms with Gasteiger partial charge in [-0.3, -0.25) is 0 Å². The molecule has 3 nitrogen and oxygen atoms in total. The van der Waals surface area contributed by atoms with Gasteiger partial charge in [0.05, 0.1) is 15.3 Å². The lowest BCUT2D eigenvalue weighted by molar-refractivity contribution is -0.109. The molecule has 0 bridgehead atoms. The van der Waals surface area contributed by atoms with E-state index in [1.165, 1.54) is 0 Å². The van der Waals surface area contributed by atoms with E-state index < -0.39 is 0 Å². The fraction of sp³-hybridized carbons (Fsp3) is 0.273. The SMILES string of the molecule is CC1=Nc2ccc(C(Br)Br)cc2C(C=O)N1. The summed E-state index contributed by atoms with van der Waals surface area (Å²) in [7, 11) is 0. The largest absolute Gasteiger partial charge is 0.360 e. The van der Waals surface area contributed by atoms with Crippen molar-refractivity contribution in [2.24, 2.45) is 4.99 Å². The van der Waals surface area contributed by atoms with Crippen molar-refractivity contribution in [2.45, 2.75) is 16.7 Å². The summed E-state index contributed by atoms with van der Waals surface area (Å²) in [5, 5.41) is 3.04. The summed E-state index contributed by atoms with van der Waals surface area (Å²) in [6, 6.07) is 5.59. The standard InChI is InChI=1S/C11H10Br2N2O/c1-6-14-9-3-2-7(11(12)13)4-8(9)10(5-16)15-6/h2-5,10-11H,1H3,(H,14,15). The van der Waals surface area contributed by atoms with Gasteiger partial charge >= 0.3 is 0 Å². The maximum atomic E-state index is 11.0. The van der Waals surface area contributed by atoms with E-state index in [1.54, 1.807) is 0 Å². The molecule has 84 valence electrons. The molecule has 5 heteroatoms. The van der Waals surface area contributed by atoms with Crippen LogP contribution in [0.4, 0.5) is 5.69 Å². The Balaban J connectivity index is 2.51. The van der Waals surface area contributed by atoms with Crippen LogP contribution in [0, 0.1) is 0 Å². The molecule has 1 aromatic carbocycles. The first-order valence-electron chi connectivity index (χ1n) is 4.81. The molecule has 0 radical (unpaired) electrons. The molecule has 2 rings (SSSR count). The minimum atomic E-state index is -0.300. The lowest BCUT2D eigenvalue weighted by Gasteiger charge is -2.22. The van der Waals surface area contributed by atoms with Gasteiger partial charge in [0.2, 0.25) is 0 Å². The molecule has 1 atom stereocenters. The fourth-order valence-corrected chi connectivity index (χ4v) is 2.25. The summed E-state index contributed by atoms with van der Waals surface area (Å²) >= 11 is 6.87. The number of alkyl halides is 2. The number of nitrogens with one attached hydrogen (secondary N) is 1. The average Bonchev–Trinajstić information content (AvgIpc) is 2.27. The van der Waals surface area contributed by atoms with Gasteiger partial charge in [0.25, 0.3) is 0 Å². The van der Waals surface area contributed by atoms with Gasteiger partial charge in [0, 0.05) is 5.56 Å². The molecule has 0 fully saturated rings. The van der Waals surface area contributed by atoms with E-state index in [2.05, 4.69) is 42.2 Å². The topological polar surface area (TPSA) is 41.5 Å². The number of hydrogen-bond donors (Lipinski definition) is 1. The van der Waals surface area contributed by atoms with Crippen LogP contribution in [0.25, 0.3) is 0 Å². The number of amidine groups is 1. The molecular weight excluding hydrogens is 336 g/mol. The van der Waals surface area contributed by atoms with Crippen LogP contribution in [-0.4, -0.2) is 12.1 Å². The normalized spacial score (nSPS) is 18.8. The Labute approximate surface area is 111 Å². The summed E-state index contributed by atoms with van der Waals surface area (Å²) in [4.78, 5) is 15.4. The molecule has 1 aromatic rings. The maximum absolute atomic E-state index is 11.0. The molecule has 16 heavy (non-hydrogen) atoms. The molecule has 1 heterocycles. The van der Waals surface area contributed by atoms with Crippen molar-refractivity contribution in [3.63, 3.8) is 0 Å². The molecule has 0 aromatic heterocycles. The predicted octanol–water partition coefficient (Wildman–Crippen LogP) is 3.37. The molecule has 1 aliphatic rings. The van der Waals surface area contributed by atoms with Crippen LogP contribution in [0.3, 0.4) is 0 Å². The third-order valence-corrected chi connectivity index (χ3v) is 3.48. The quantitative estimate of drug-likeness (QED) is 0.659. The van der Waals surface area contributed by atoms with Crippen LogP contribution in [0.1, 0.15) is 27.8 Å². The summed E-state index contributed by atoms with van der Waals surface area (Å²) in [6.45, 7) is 1.85. The van der Waals surface area contributed by atoms with Crippen LogP contribution in [0.5, 0.6) is 0 Å². The van der Waals surface area contributed by atoms with Gasteiger partial charge in [0.1, 0.15) is 12.3 Å². The Kier molecular flexibility index (Phi) is 3.44. The van der Waals surface area contributed by atoms with Gasteiger partial charge in [-0.15, -0.1) is 0 Å². The predicted molar refractivity (Wildman–Crippen MR) is 71.7 cm³/mol. The van der Waals surface area contributed by atoms with E-state index in [0.29, 0.717) is 0 Å². The number of aldehydes is 1. The van der Waals surface area contributed by atoms with Crippen molar-refractivity contribution in [3.05, 3.63) is 29.3 Å². The molecular formula is C11H10Br2N2O. The first-order chi connectivity index (χ1) is 7.61. The molecule has 0 saturated heterocycles.